The summed E-state index contributed by atoms with van der Waals surface area (Å²) in [7, 11) is 2.04. The van der Waals surface area contributed by atoms with E-state index in [0.717, 1.165) is 12.0 Å². The van der Waals surface area contributed by atoms with Gasteiger partial charge in [0.05, 0.1) is 0 Å². The van der Waals surface area contributed by atoms with Crippen LogP contribution >= 0.6 is 0 Å². The average molecular weight is 127 g/mol. The van der Waals surface area contributed by atoms with Gasteiger partial charge in [0.15, 0.2) is 0 Å². The second-order valence-corrected chi connectivity index (χ2v) is 3.22. The van der Waals surface area contributed by atoms with Crippen molar-refractivity contribution in [2.45, 2.75) is 38.6 Å². The molecule has 1 saturated carbocycles. The van der Waals surface area contributed by atoms with Crippen molar-refractivity contribution in [1.82, 2.24) is 5.32 Å². The molecule has 0 aromatic heterocycles. The molecule has 0 aliphatic heterocycles. The first-order valence-electron chi connectivity index (χ1n) is 4.00. The lowest BCUT2D eigenvalue weighted by Crippen LogP contribution is -2.26. The van der Waals surface area contributed by atoms with Crippen molar-refractivity contribution in [2.75, 3.05) is 7.05 Å². The second-order valence-electron chi connectivity index (χ2n) is 3.22. The van der Waals surface area contributed by atoms with Crippen LogP contribution in [-0.2, 0) is 0 Å². The Morgan fingerprint density at radius 1 is 1.56 bits per heavy atom. The van der Waals surface area contributed by atoms with Gasteiger partial charge in [0.1, 0.15) is 0 Å². The summed E-state index contributed by atoms with van der Waals surface area (Å²) in [5.41, 5.74) is 0. The van der Waals surface area contributed by atoms with Crippen LogP contribution in [0, 0.1) is 5.92 Å². The predicted molar refractivity (Wildman–Crippen MR) is 40.5 cm³/mol. The fourth-order valence-corrected chi connectivity index (χ4v) is 1.35. The van der Waals surface area contributed by atoms with Gasteiger partial charge in [-0.05, 0) is 26.3 Å². The SMILES string of the molecule is CNC(C)CC1CCC1. The highest BCUT2D eigenvalue weighted by Crippen LogP contribution is 2.30. The highest BCUT2D eigenvalue weighted by molar-refractivity contribution is 4.73. The zero-order chi connectivity index (χ0) is 6.69. The molecule has 9 heavy (non-hydrogen) atoms. The molecule has 1 atom stereocenters. The molecule has 1 heteroatoms. The summed E-state index contributed by atoms with van der Waals surface area (Å²) in [6.07, 6.45) is 5.82. The maximum atomic E-state index is 3.26. The fraction of sp³-hybridized carbons (Fsp3) is 1.00. The van der Waals surface area contributed by atoms with Gasteiger partial charge in [-0.2, -0.15) is 0 Å². The van der Waals surface area contributed by atoms with Gasteiger partial charge in [0.25, 0.3) is 0 Å². The molecule has 0 radical (unpaired) electrons. The van der Waals surface area contributed by atoms with Crippen molar-refractivity contribution in [1.29, 1.82) is 0 Å². The Hall–Kier alpha value is -0.0400. The summed E-state index contributed by atoms with van der Waals surface area (Å²) >= 11 is 0. The van der Waals surface area contributed by atoms with E-state index < -0.39 is 0 Å². The van der Waals surface area contributed by atoms with E-state index in [1.54, 1.807) is 0 Å². The summed E-state index contributed by atoms with van der Waals surface area (Å²) < 4.78 is 0. The molecule has 0 aromatic carbocycles. The van der Waals surface area contributed by atoms with E-state index in [-0.39, 0.29) is 0 Å². The molecule has 0 amide bonds. The van der Waals surface area contributed by atoms with E-state index in [9.17, 15) is 0 Å². The topological polar surface area (TPSA) is 12.0 Å². The number of hydrogen-bond donors (Lipinski definition) is 1. The normalized spacial score (nSPS) is 23.3. The van der Waals surface area contributed by atoms with Crippen molar-refractivity contribution in [3.63, 3.8) is 0 Å². The molecule has 0 spiro atoms. The zero-order valence-corrected chi connectivity index (χ0v) is 6.48. The molecular formula is C8H17N. The van der Waals surface area contributed by atoms with Crippen molar-refractivity contribution in [3.8, 4) is 0 Å². The Morgan fingerprint density at radius 2 is 2.22 bits per heavy atom. The predicted octanol–water partition coefficient (Wildman–Crippen LogP) is 1.78. The van der Waals surface area contributed by atoms with Crippen molar-refractivity contribution in [3.05, 3.63) is 0 Å². The van der Waals surface area contributed by atoms with E-state index in [4.69, 9.17) is 0 Å². The van der Waals surface area contributed by atoms with Gasteiger partial charge in [-0.25, -0.2) is 0 Å². The van der Waals surface area contributed by atoms with Crippen LogP contribution in [0.25, 0.3) is 0 Å². The van der Waals surface area contributed by atoms with Crippen molar-refractivity contribution >= 4 is 0 Å². The van der Waals surface area contributed by atoms with Crippen molar-refractivity contribution in [2.24, 2.45) is 5.92 Å². The fourth-order valence-electron chi connectivity index (χ4n) is 1.35. The van der Waals surface area contributed by atoms with E-state index in [1.165, 1.54) is 25.7 Å². The first-order valence-corrected chi connectivity index (χ1v) is 4.00. The molecule has 1 aliphatic carbocycles. The van der Waals surface area contributed by atoms with Gasteiger partial charge in [0, 0.05) is 6.04 Å². The minimum atomic E-state index is 0.732. The molecule has 0 saturated heterocycles. The van der Waals surface area contributed by atoms with E-state index in [0.29, 0.717) is 0 Å². The molecule has 1 aliphatic rings. The quantitative estimate of drug-likeness (QED) is 0.609. The number of nitrogens with one attached hydrogen (secondary N) is 1. The smallest absolute Gasteiger partial charge is 0.00383 e. The Balaban J connectivity index is 2.01. The van der Waals surface area contributed by atoms with E-state index >= 15 is 0 Å². The largest absolute Gasteiger partial charge is 0.317 e. The minimum absolute atomic E-state index is 0.732. The lowest BCUT2D eigenvalue weighted by molar-refractivity contribution is 0.270. The maximum Gasteiger partial charge on any atom is 0.00383 e. The highest BCUT2D eigenvalue weighted by atomic mass is 14.8. The lowest BCUT2D eigenvalue weighted by atomic mass is 9.81. The standard InChI is InChI=1S/C8H17N/c1-7(9-2)6-8-4-3-5-8/h7-9H,3-6H2,1-2H3. The molecule has 0 heterocycles. The van der Waals surface area contributed by atoms with Gasteiger partial charge < -0.3 is 5.32 Å². The van der Waals surface area contributed by atoms with Gasteiger partial charge in [-0.1, -0.05) is 19.3 Å². The monoisotopic (exact) mass is 127 g/mol. The van der Waals surface area contributed by atoms with Crippen LogP contribution in [0.5, 0.6) is 0 Å². The first-order chi connectivity index (χ1) is 4.33. The molecule has 1 unspecified atom stereocenters. The molecule has 1 N–H and O–H groups in total. The van der Waals surface area contributed by atoms with Crippen LogP contribution in [0.2, 0.25) is 0 Å². The third-order valence-corrected chi connectivity index (χ3v) is 2.40. The summed E-state index contributed by atoms with van der Waals surface area (Å²) in [5.74, 6) is 1.05. The molecular weight excluding hydrogens is 110 g/mol. The molecule has 1 rings (SSSR count). The van der Waals surface area contributed by atoms with E-state index in [2.05, 4.69) is 12.2 Å². The van der Waals surface area contributed by atoms with Crippen LogP contribution in [-0.4, -0.2) is 13.1 Å². The zero-order valence-electron chi connectivity index (χ0n) is 6.48. The highest BCUT2D eigenvalue weighted by Gasteiger charge is 2.18. The molecule has 0 aromatic rings. The first kappa shape index (κ1) is 7.07. The van der Waals surface area contributed by atoms with Crippen molar-refractivity contribution < 1.29 is 0 Å². The van der Waals surface area contributed by atoms with Crippen LogP contribution in [0.3, 0.4) is 0 Å². The maximum absolute atomic E-state index is 3.26. The average Bonchev–Trinajstić information content (AvgIpc) is 1.78. The Kier molecular flexibility index (Phi) is 2.52. The van der Waals surface area contributed by atoms with Crippen LogP contribution in [0.1, 0.15) is 32.6 Å². The minimum Gasteiger partial charge on any atom is -0.317 e. The number of rotatable bonds is 3. The molecule has 1 nitrogen and oxygen atoms in total. The van der Waals surface area contributed by atoms with E-state index in [1.807, 2.05) is 7.05 Å². The molecule has 1 fully saturated rings. The lowest BCUT2D eigenvalue weighted by Gasteiger charge is -2.27. The Labute approximate surface area is 57.8 Å². The van der Waals surface area contributed by atoms with Gasteiger partial charge >= 0.3 is 0 Å². The summed E-state index contributed by atoms with van der Waals surface area (Å²) in [5, 5.41) is 3.26. The van der Waals surface area contributed by atoms with Crippen LogP contribution in [0.15, 0.2) is 0 Å². The number of hydrogen-bond acceptors (Lipinski definition) is 1. The molecule has 54 valence electrons. The molecule has 0 bridgehead atoms. The third-order valence-electron chi connectivity index (χ3n) is 2.40. The summed E-state index contributed by atoms with van der Waals surface area (Å²) in [6, 6.07) is 0.732. The van der Waals surface area contributed by atoms with Crippen LogP contribution < -0.4 is 5.32 Å². The van der Waals surface area contributed by atoms with Gasteiger partial charge in [0.2, 0.25) is 0 Å². The summed E-state index contributed by atoms with van der Waals surface area (Å²) in [6.45, 7) is 2.26. The second kappa shape index (κ2) is 3.21. The Morgan fingerprint density at radius 3 is 2.56 bits per heavy atom. The summed E-state index contributed by atoms with van der Waals surface area (Å²) in [4.78, 5) is 0. The van der Waals surface area contributed by atoms with Gasteiger partial charge in [-0.3, -0.25) is 0 Å². The third kappa shape index (κ3) is 1.98. The van der Waals surface area contributed by atoms with Crippen LogP contribution in [0.4, 0.5) is 0 Å². The van der Waals surface area contributed by atoms with Gasteiger partial charge in [-0.15, -0.1) is 0 Å². The Bertz CT molecular complexity index is 73.9.